The van der Waals surface area contributed by atoms with Gasteiger partial charge in [0.25, 0.3) is 0 Å². The van der Waals surface area contributed by atoms with Crippen molar-refractivity contribution in [1.29, 1.82) is 0 Å². The predicted molar refractivity (Wildman–Crippen MR) is 91.3 cm³/mol. The molecular formula is C18H25NO5. The van der Waals surface area contributed by atoms with Crippen LogP contribution in [0.2, 0.25) is 0 Å². The molecule has 0 bridgehead atoms. The van der Waals surface area contributed by atoms with Gasteiger partial charge in [-0.25, -0.2) is 4.79 Å². The Balaban J connectivity index is 2.10. The predicted octanol–water partition coefficient (Wildman–Crippen LogP) is 2.73. The standard InChI is InChI=1S/C18H25NO5/c1-12(2)10-19-8-5-9-23-14-6-4-7-15-16(14)13(11-20)17(24-15)18(21)22-3/h4,6-7,12,19-20H,5,8-11H2,1-3H3. The lowest BCUT2D eigenvalue weighted by atomic mass is 10.1. The van der Waals surface area contributed by atoms with Crippen LogP contribution in [-0.2, 0) is 11.3 Å². The van der Waals surface area contributed by atoms with Gasteiger partial charge in [-0.1, -0.05) is 19.9 Å². The van der Waals surface area contributed by atoms with Crippen molar-refractivity contribution in [3.05, 3.63) is 29.5 Å². The molecule has 0 aliphatic carbocycles. The minimum Gasteiger partial charge on any atom is -0.493 e. The van der Waals surface area contributed by atoms with E-state index in [2.05, 4.69) is 19.2 Å². The van der Waals surface area contributed by atoms with Crippen LogP contribution in [0, 0.1) is 5.92 Å². The molecule has 1 heterocycles. The first kappa shape index (κ1) is 18.3. The normalized spacial score (nSPS) is 11.2. The van der Waals surface area contributed by atoms with Gasteiger partial charge in [0, 0.05) is 5.56 Å². The average molecular weight is 335 g/mol. The average Bonchev–Trinajstić information content (AvgIpc) is 2.96. The second-order valence-electron chi connectivity index (χ2n) is 5.99. The Labute approximate surface area is 141 Å². The van der Waals surface area contributed by atoms with E-state index in [1.807, 2.05) is 0 Å². The van der Waals surface area contributed by atoms with Gasteiger partial charge in [-0.3, -0.25) is 0 Å². The Hall–Kier alpha value is -2.05. The fourth-order valence-electron chi connectivity index (χ4n) is 2.48. The fraction of sp³-hybridized carbons (Fsp3) is 0.500. The summed E-state index contributed by atoms with van der Waals surface area (Å²) in [6.07, 6.45) is 0.860. The van der Waals surface area contributed by atoms with Gasteiger partial charge in [0.15, 0.2) is 0 Å². The highest BCUT2D eigenvalue weighted by molar-refractivity contribution is 5.98. The van der Waals surface area contributed by atoms with Gasteiger partial charge in [-0.15, -0.1) is 0 Å². The first-order chi connectivity index (χ1) is 11.6. The van der Waals surface area contributed by atoms with Crippen molar-refractivity contribution >= 4 is 16.9 Å². The van der Waals surface area contributed by atoms with Crippen molar-refractivity contribution in [2.45, 2.75) is 26.9 Å². The van der Waals surface area contributed by atoms with Crippen molar-refractivity contribution in [1.82, 2.24) is 5.32 Å². The highest BCUT2D eigenvalue weighted by Crippen LogP contribution is 2.34. The number of carbonyl (C=O) groups is 1. The van der Waals surface area contributed by atoms with Crippen molar-refractivity contribution in [2.75, 3.05) is 26.8 Å². The Morgan fingerprint density at radius 2 is 2.17 bits per heavy atom. The van der Waals surface area contributed by atoms with Crippen LogP contribution >= 0.6 is 0 Å². The van der Waals surface area contributed by atoms with Gasteiger partial charge >= 0.3 is 5.97 Å². The van der Waals surface area contributed by atoms with E-state index in [1.54, 1.807) is 18.2 Å². The molecule has 0 unspecified atom stereocenters. The third-order valence-corrected chi connectivity index (χ3v) is 3.61. The van der Waals surface area contributed by atoms with Crippen LogP contribution in [-0.4, -0.2) is 37.9 Å². The van der Waals surface area contributed by atoms with Crippen molar-refractivity contribution in [2.24, 2.45) is 5.92 Å². The third kappa shape index (κ3) is 4.27. The molecule has 1 aromatic heterocycles. The third-order valence-electron chi connectivity index (χ3n) is 3.61. The Kier molecular flexibility index (Phi) is 6.63. The molecule has 0 saturated carbocycles. The first-order valence-electron chi connectivity index (χ1n) is 8.15. The summed E-state index contributed by atoms with van der Waals surface area (Å²) < 4.78 is 16.1. The zero-order valence-electron chi connectivity index (χ0n) is 14.4. The molecule has 2 rings (SSSR count). The maximum Gasteiger partial charge on any atom is 0.374 e. The van der Waals surface area contributed by atoms with Crippen LogP contribution in [0.3, 0.4) is 0 Å². The number of furan rings is 1. The molecule has 0 amide bonds. The van der Waals surface area contributed by atoms with Crippen LogP contribution in [0.5, 0.6) is 5.75 Å². The summed E-state index contributed by atoms with van der Waals surface area (Å²) in [5, 5.41) is 13.6. The largest absolute Gasteiger partial charge is 0.493 e. The van der Waals surface area contributed by atoms with E-state index in [4.69, 9.17) is 13.9 Å². The second-order valence-corrected chi connectivity index (χ2v) is 5.99. The maximum atomic E-state index is 11.8. The van der Waals surface area contributed by atoms with Crippen LogP contribution in [0.4, 0.5) is 0 Å². The van der Waals surface area contributed by atoms with Crippen molar-refractivity contribution in [3.63, 3.8) is 0 Å². The molecule has 0 radical (unpaired) electrons. The summed E-state index contributed by atoms with van der Waals surface area (Å²) in [6.45, 7) is 6.40. The van der Waals surface area contributed by atoms with Gasteiger partial charge in [0.1, 0.15) is 11.3 Å². The number of aliphatic hydroxyl groups excluding tert-OH is 1. The van der Waals surface area contributed by atoms with Crippen LogP contribution < -0.4 is 10.1 Å². The number of benzene rings is 1. The van der Waals surface area contributed by atoms with Crippen LogP contribution in [0.25, 0.3) is 11.0 Å². The fourth-order valence-corrected chi connectivity index (χ4v) is 2.48. The Morgan fingerprint density at radius 1 is 1.38 bits per heavy atom. The molecule has 0 aliphatic heterocycles. The topological polar surface area (TPSA) is 80.9 Å². The molecule has 132 valence electrons. The summed E-state index contributed by atoms with van der Waals surface area (Å²) in [5.41, 5.74) is 0.889. The maximum absolute atomic E-state index is 11.8. The minimum atomic E-state index is -0.612. The lowest BCUT2D eigenvalue weighted by Gasteiger charge is -2.10. The highest BCUT2D eigenvalue weighted by atomic mass is 16.5. The van der Waals surface area contributed by atoms with Gasteiger partial charge in [-0.05, 0) is 37.6 Å². The Morgan fingerprint density at radius 3 is 2.83 bits per heavy atom. The first-order valence-corrected chi connectivity index (χ1v) is 8.15. The summed E-state index contributed by atoms with van der Waals surface area (Å²) in [7, 11) is 1.28. The number of esters is 1. The Bertz CT molecular complexity index is 677. The summed E-state index contributed by atoms with van der Waals surface area (Å²) >= 11 is 0. The molecular weight excluding hydrogens is 310 g/mol. The van der Waals surface area contributed by atoms with Crippen molar-refractivity contribution < 1.29 is 23.8 Å². The molecule has 2 N–H and O–H groups in total. The van der Waals surface area contributed by atoms with E-state index < -0.39 is 5.97 Å². The summed E-state index contributed by atoms with van der Waals surface area (Å²) in [4.78, 5) is 11.8. The number of fused-ring (bicyclic) bond motifs is 1. The molecule has 0 spiro atoms. The molecule has 2 aromatic rings. The molecule has 24 heavy (non-hydrogen) atoms. The highest BCUT2D eigenvalue weighted by Gasteiger charge is 2.23. The number of ether oxygens (including phenoxy) is 2. The molecule has 0 atom stereocenters. The number of carbonyl (C=O) groups excluding carboxylic acids is 1. The number of hydrogen-bond acceptors (Lipinski definition) is 6. The second kappa shape index (κ2) is 8.70. The molecule has 6 nitrogen and oxygen atoms in total. The van der Waals surface area contributed by atoms with Crippen molar-refractivity contribution in [3.8, 4) is 5.75 Å². The number of methoxy groups -OCH3 is 1. The van der Waals surface area contributed by atoms with Crippen LogP contribution in [0.15, 0.2) is 22.6 Å². The van der Waals surface area contributed by atoms with E-state index in [-0.39, 0.29) is 12.4 Å². The SMILES string of the molecule is COC(=O)c1oc2cccc(OCCCNCC(C)C)c2c1CO. The number of nitrogens with one attached hydrogen (secondary N) is 1. The van der Waals surface area contributed by atoms with E-state index in [0.717, 1.165) is 19.5 Å². The number of hydrogen-bond donors (Lipinski definition) is 2. The van der Waals surface area contributed by atoms with Gasteiger partial charge < -0.3 is 24.3 Å². The molecule has 0 aliphatic rings. The minimum absolute atomic E-state index is 0.0182. The molecule has 1 aromatic carbocycles. The van der Waals surface area contributed by atoms with Gasteiger partial charge in [0.05, 0.1) is 25.7 Å². The molecule has 0 fully saturated rings. The monoisotopic (exact) mass is 335 g/mol. The van der Waals surface area contributed by atoms with Gasteiger partial charge in [0.2, 0.25) is 5.76 Å². The smallest absolute Gasteiger partial charge is 0.374 e. The summed E-state index contributed by atoms with van der Waals surface area (Å²) in [6, 6.07) is 5.33. The van der Waals surface area contributed by atoms with E-state index in [0.29, 0.717) is 34.8 Å². The van der Waals surface area contributed by atoms with E-state index >= 15 is 0 Å². The zero-order chi connectivity index (χ0) is 17.5. The van der Waals surface area contributed by atoms with E-state index in [9.17, 15) is 9.90 Å². The van der Waals surface area contributed by atoms with Gasteiger partial charge in [-0.2, -0.15) is 0 Å². The molecule has 6 heteroatoms. The summed E-state index contributed by atoms with van der Waals surface area (Å²) in [5.74, 6) is 0.623. The number of aliphatic hydroxyl groups is 1. The van der Waals surface area contributed by atoms with Crippen LogP contribution in [0.1, 0.15) is 36.4 Å². The lowest BCUT2D eigenvalue weighted by molar-refractivity contribution is 0.0563. The zero-order valence-corrected chi connectivity index (χ0v) is 14.4. The lowest BCUT2D eigenvalue weighted by Crippen LogP contribution is -2.22. The number of rotatable bonds is 9. The quantitative estimate of drug-likeness (QED) is 0.542. The van der Waals surface area contributed by atoms with E-state index in [1.165, 1.54) is 7.11 Å². The molecule has 0 saturated heterocycles.